The van der Waals surface area contributed by atoms with Gasteiger partial charge in [0.25, 0.3) is 0 Å². The number of rotatable bonds is 3. The lowest BCUT2D eigenvalue weighted by Gasteiger charge is -2.06. The van der Waals surface area contributed by atoms with Crippen LogP contribution in [0.3, 0.4) is 0 Å². The Morgan fingerprint density at radius 2 is 2.24 bits per heavy atom. The molecule has 2 aromatic rings. The summed E-state index contributed by atoms with van der Waals surface area (Å²) >= 11 is 0. The minimum absolute atomic E-state index is 0.365. The van der Waals surface area contributed by atoms with Crippen LogP contribution in [0.2, 0.25) is 0 Å². The van der Waals surface area contributed by atoms with E-state index in [9.17, 15) is 4.79 Å². The maximum absolute atomic E-state index is 11.4. The van der Waals surface area contributed by atoms with Crippen LogP contribution < -0.4 is 5.32 Å². The molecule has 0 amide bonds. The van der Waals surface area contributed by atoms with Crippen LogP contribution in [0.4, 0.5) is 5.82 Å². The van der Waals surface area contributed by atoms with Gasteiger partial charge in [-0.05, 0) is 25.1 Å². The molecule has 1 N–H and O–H groups in total. The number of hydrogen-bond acceptors (Lipinski definition) is 5. The zero-order valence-corrected chi connectivity index (χ0v) is 9.73. The third-order valence-corrected chi connectivity index (χ3v) is 2.40. The van der Waals surface area contributed by atoms with Crippen molar-refractivity contribution in [2.24, 2.45) is 0 Å². The van der Waals surface area contributed by atoms with Crippen molar-refractivity contribution in [1.29, 1.82) is 0 Å². The quantitative estimate of drug-likeness (QED) is 0.817. The number of carbonyl (C=O) groups is 1. The third kappa shape index (κ3) is 2.18. The van der Waals surface area contributed by atoms with Crippen molar-refractivity contribution >= 4 is 22.7 Å². The molecule has 0 aliphatic rings. The number of nitrogens with zero attached hydrogens (tertiary/aromatic N) is 2. The molecule has 0 saturated heterocycles. The first-order valence-corrected chi connectivity index (χ1v) is 5.33. The SMILES string of the molecule is CCNc1ncnc2cc(C(=O)OC)ccc12. The van der Waals surface area contributed by atoms with Crippen molar-refractivity contribution in [2.75, 3.05) is 19.0 Å². The van der Waals surface area contributed by atoms with Gasteiger partial charge in [0.15, 0.2) is 0 Å². The third-order valence-electron chi connectivity index (χ3n) is 2.40. The van der Waals surface area contributed by atoms with Crippen molar-refractivity contribution in [3.05, 3.63) is 30.1 Å². The number of carbonyl (C=O) groups excluding carboxylic acids is 1. The summed E-state index contributed by atoms with van der Waals surface area (Å²) in [5.41, 5.74) is 1.21. The number of anilines is 1. The molecule has 5 nitrogen and oxygen atoms in total. The van der Waals surface area contributed by atoms with E-state index in [0.717, 1.165) is 23.3 Å². The standard InChI is InChI=1S/C12H13N3O2/c1-3-13-11-9-5-4-8(12(16)17-2)6-10(9)14-7-15-11/h4-7H,3H2,1-2H3,(H,13,14,15). The molecule has 0 unspecified atom stereocenters. The van der Waals surface area contributed by atoms with Crippen LogP contribution in [0.5, 0.6) is 0 Å². The minimum atomic E-state index is -0.365. The van der Waals surface area contributed by atoms with Gasteiger partial charge in [-0.25, -0.2) is 14.8 Å². The number of hydrogen-bond donors (Lipinski definition) is 1. The fourth-order valence-electron chi connectivity index (χ4n) is 1.61. The molecule has 17 heavy (non-hydrogen) atoms. The summed E-state index contributed by atoms with van der Waals surface area (Å²) in [4.78, 5) is 19.7. The predicted molar refractivity (Wildman–Crippen MR) is 65.0 cm³/mol. The van der Waals surface area contributed by atoms with E-state index in [2.05, 4.69) is 20.0 Å². The Morgan fingerprint density at radius 3 is 2.94 bits per heavy atom. The van der Waals surface area contributed by atoms with Gasteiger partial charge >= 0.3 is 5.97 Å². The van der Waals surface area contributed by atoms with Crippen LogP contribution >= 0.6 is 0 Å². The monoisotopic (exact) mass is 231 g/mol. The van der Waals surface area contributed by atoms with Crippen LogP contribution in [-0.4, -0.2) is 29.6 Å². The largest absolute Gasteiger partial charge is 0.465 e. The van der Waals surface area contributed by atoms with E-state index < -0.39 is 0 Å². The van der Waals surface area contributed by atoms with Gasteiger partial charge in [0.05, 0.1) is 18.2 Å². The maximum atomic E-state index is 11.4. The molecule has 1 heterocycles. The maximum Gasteiger partial charge on any atom is 0.337 e. The fourth-order valence-corrected chi connectivity index (χ4v) is 1.61. The summed E-state index contributed by atoms with van der Waals surface area (Å²) in [6.45, 7) is 2.78. The molecule has 1 aromatic carbocycles. The first-order valence-electron chi connectivity index (χ1n) is 5.33. The summed E-state index contributed by atoms with van der Waals surface area (Å²) in [7, 11) is 1.36. The molecule has 0 saturated carbocycles. The molecule has 2 rings (SSSR count). The van der Waals surface area contributed by atoms with Gasteiger partial charge in [-0.2, -0.15) is 0 Å². The Balaban J connectivity index is 2.52. The smallest absolute Gasteiger partial charge is 0.337 e. The highest BCUT2D eigenvalue weighted by molar-refractivity contribution is 5.97. The highest BCUT2D eigenvalue weighted by Crippen LogP contribution is 2.20. The van der Waals surface area contributed by atoms with Crippen LogP contribution in [0.15, 0.2) is 24.5 Å². The lowest BCUT2D eigenvalue weighted by Crippen LogP contribution is -2.03. The van der Waals surface area contributed by atoms with Crippen molar-refractivity contribution in [3.8, 4) is 0 Å². The Labute approximate surface area is 98.8 Å². The van der Waals surface area contributed by atoms with Crippen molar-refractivity contribution in [1.82, 2.24) is 9.97 Å². The molecule has 5 heteroatoms. The molecule has 0 spiro atoms. The van der Waals surface area contributed by atoms with Crippen LogP contribution in [0.25, 0.3) is 10.9 Å². The fraction of sp³-hybridized carbons (Fsp3) is 0.250. The average Bonchev–Trinajstić information content (AvgIpc) is 2.38. The first-order chi connectivity index (χ1) is 8.26. The van der Waals surface area contributed by atoms with Gasteiger partial charge < -0.3 is 10.1 Å². The van der Waals surface area contributed by atoms with E-state index >= 15 is 0 Å². The van der Waals surface area contributed by atoms with E-state index in [1.807, 2.05) is 13.0 Å². The molecule has 0 fully saturated rings. The van der Waals surface area contributed by atoms with Crippen molar-refractivity contribution in [2.45, 2.75) is 6.92 Å². The molecule has 1 aromatic heterocycles. The van der Waals surface area contributed by atoms with Crippen molar-refractivity contribution in [3.63, 3.8) is 0 Å². The van der Waals surface area contributed by atoms with Crippen LogP contribution in [0, 0.1) is 0 Å². The Bertz CT molecular complexity index is 554. The van der Waals surface area contributed by atoms with E-state index in [-0.39, 0.29) is 5.97 Å². The topological polar surface area (TPSA) is 64.1 Å². The number of esters is 1. The van der Waals surface area contributed by atoms with E-state index in [4.69, 9.17) is 0 Å². The highest BCUT2D eigenvalue weighted by Gasteiger charge is 2.08. The predicted octanol–water partition coefficient (Wildman–Crippen LogP) is 1.85. The molecule has 88 valence electrons. The van der Waals surface area contributed by atoms with Gasteiger partial charge in [-0.3, -0.25) is 0 Å². The normalized spacial score (nSPS) is 10.2. The number of methoxy groups -OCH3 is 1. The number of nitrogens with one attached hydrogen (secondary N) is 1. The highest BCUT2D eigenvalue weighted by atomic mass is 16.5. The first kappa shape index (κ1) is 11.3. The number of fused-ring (bicyclic) bond motifs is 1. The van der Waals surface area contributed by atoms with E-state index in [1.54, 1.807) is 12.1 Å². The average molecular weight is 231 g/mol. The van der Waals surface area contributed by atoms with Gasteiger partial charge in [0.2, 0.25) is 0 Å². The summed E-state index contributed by atoms with van der Waals surface area (Å²) < 4.78 is 4.66. The van der Waals surface area contributed by atoms with E-state index in [0.29, 0.717) is 5.56 Å². The summed E-state index contributed by atoms with van der Waals surface area (Å²) in [5.74, 6) is 0.407. The van der Waals surface area contributed by atoms with Gasteiger partial charge in [-0.1, -0.05) is 0 Å². The molecule has 0 atom stereocenters. The second-order valence-corrected chi connectivity index (χ2v) is 3.48. The summed E-state index contributed by atoms with van der Waals surface area (Å²) in [5, 5.41) is 4.04. The molecular formula is C12H13N3O2. The van der Waals surface area contributed by atoms with Crippen molar-refractivity contribution < 1.29 is 9.53 Å². The Kier molecular flexibility index (Phi) is 3.18. The second kappa shape index (κ2) is 4.78. The Hall–Kier alpha value is -2.17. The summed E-state index contributed by atoms with van der Waals surface area (Å²) in [6, 6.07) is 5.22. The molecule has 0 radical (unpaired) electrons. The lowest BCUT2D eigenvalue weighted by molar-refractivity contribution is 0.0601. The van der Waals surface area contributed by atoms with Gasteiger partial charge in [0, 0.05) is 11.9 Å². The molecule has 0 aliphatic carbocycles. The minimum Gasteiger partial charge on any atom is -0.465 e. The molecule has 0 aliphatic heterocycles. The zero-order chi connectivity index (χ0) is 12.3. The second-order valence-electron chi connectivity index (χ2n) is 3.48. The zero-order valence-electron chi connectivity index (χ0n) is 9.73. The molecular weight excluding hydrogens is 218 g/mol. The van der Waals surface area contributed by atoms with Gasteiger partial charge in [-0.15, -0.1) is 0 Å². The molecule has 0 bridgehead atoms. The number of aromatic nitrogens is 2. The Morgan fingerprint density at radius 1 is 1.41 bits per heavy atom. The van der Waals surface area contributed by atoms with E-state index in [1.165, 1.54) is 13.4 Å². The summed E-state index contributed by atoms with van der Waals surface area (Å²) in [6.07, 6.45) is 1.47. The number of benzene rings is 1. The van der Waals surface area contributed by atoms with Crippen LogP contribution in [0.1, 0.15) is 17.3 Å². The van der Waals surface area contributed by atoms with Gasteiger partial charge in [0.1, 0.15) is 12.1 Å². The lowest BCUT2D eigenvalue weighted by atomic mass is 10.1. The van der Waals surface area contributed by atoms with Crippen LogP contribution in [-0.2, 0) is 4.74 Å². The number of ether oxygens (including phenoxy) is 1.